The number of aliphatic hydroxyl groups is 1. The van der Waals surface area contributed by atoms with Crippen LogP contribution in [0.25, 0.3) is 0 Å². The predicted octanol–water partition coefficient (Wildman–Crippen LogP) is -0.467. The van der Waals surface area contributed by atoms with Crippen molar-refractivity contribution in [3.8, 4) is 12.3 Å². The van der Waals surface area contributed by atoms with Crippen LogP contribution in [-0.4, -0.2) is 40.9 Å². The predicted molar refractivity (Wildman–Crippen MR) is 57.7 cm³/mol. The molecule has 0 saturated heterocycles. The summed E-state index contributed by atoms with van der Waals surface area (Å²) in [6.07, 6.45) is 6.59. The van der Waals surface area contributed by atoms with Gasteiger partial charge in [0.25, 0.3) is 0 Å². The minimum atomic E-state index is -1.32. The van der Waals surface area contributed by atoms with Gasteiger partial charge in [0, 0.05) is 0 Å². The third kappa shape index (κ3) is 5.22. The zero-order valence-electron chi connectivity index (χ0n) is 9.06. The van der Waals surface area contributed by atoms with Gasteiger partial charge in [-0.3, -0.25) is 0 Å². The zero-order valence-corrected chi connectivity index (χ0v) is 9.06. The van der Waals surface area contributed by atoms with Gasteiger partial charge in [-0.05, 0) is 6.42 Å². The van der Waals surface area contributed by atoms with Gasteiger partial charge in [-0.1, -0.05) is 19.3 Å². The van der Waals surface area contributed by atoms with Crippen LogP contribution in [0.15, 0.2) is 0 Å². The second-order valence-corrected chi connectivity index (χ2v) is 3.20. The van der Waals surface area contributed by atoms with E-state index in [0.717, 1.165) is 6.42 Å². The number of carbonyl (C=O) groups is 2. The minimum absolute atomic E-state index is 0.432. The quantitative estimate of drug-likeness (QED) is 0.462. The summed E-state index contributed by atoms with van der Waals surface area (Å²) in [5, 5.41) is 21.8. The highest BCUT2D eigenvalue weighted by Crippen LogP contribution is 1.94. The first-order valence-electron chi connectivity index (χ1n) is 4.92. The number of urea groups is 1. The Morgan fingerprint density at radius 1 is 1.44 bits per heavy atom. The van der Waals surface area contributed by atoms with Crippen LogP contribution in [0.3, 0.4) is 0 Å². The normalized spacial score (nSPS) is 13.3. The molecular weight excluding hydrogens is 212 g/mol. The van der Waals surface area contributed by atoms with Gasteiger partial charge in [0.15, 0.2) is 6.04 Å². The van der Waals surface area contributed by atoms with E-state index in [1.165, 1.54) is 0 Å². The number of carboxylic acid groups (broad SMARTS) is 1. The molecule has 0 bridgehead atoms. The van der Waals surface area contributed by atoms with E-state index >= 15 is 0 Å². The molecule has 2 atom stereocenters. The van der Waals surface area contributed by atoms with E-state index in [2.05, 4.69) is 16.6 Å². The van der Waals surface area contributed by atoms with E-state index in [0.29, 0.717) is 6.42 Å². The molecule has 0 aliphatic carbocycles. The molecule has 0 aromatic rings. The van der Waals surface area contributed by atoms with Crippen molar-refractivity contribution >= 4 is 12.0 Å². The fraction of sp³-hybridized carbons (Fsp3) is 0.600. The molecule has 0 aromatic heterocycles. The van der Waals surface area contributed by atoms with Crippen molar-refractivity contribution in [1.29, 1.82) is 0 Å². The lowest BCUT2D eigenvalue weighted by atomic mass is 10.2. The number of nitrogens with one attached hydrogen (secondary N) is 2. The number of carboxylic acids is 1. The zero-order chi connectivity index (χ0) is 12.6. The summed E-state index contributed by atoms with van der Waals surface area (Å²) in [4.78, 5) is 21.8. The van der Waals surface area contributed by atoms with Gasteiger partial charge >= 0.3 is 12.0 Å². The van der Waals surface area contributed by atoms with Gasteiger partial charge in [-0.25, -0.2) is 9.59 Å². The molecule has 0 saturated carbocycles. The van der Waals surface area contributed by atoms with Crippen molar-refractivity contribution < 1.29 is 19.8 Å². The molecule has 6 heteroatoms. The molecule has 0 fully saturated rings. The Kier molecular flexibility index (Phi) is 6.72. The Bertz CT molecular complexity index is 285. The highest BCUT2D eigenvalue weighted by Gasteiger charge is 2.19. The molecule has 2 unspecified atom stereocenters. The van der Waals surface area contributed by atoms with Crippen molar-refractivity contribution in [2.24, 2.45) is 0 Å². The number of terminal acetylenes is 1. The second-order valence-electron chi connectivity index (χ2n) is 3.20. The van der Waals surface area contributed by atoms with Crippen LogP contribution in [0.4, 0.5) is 4.79 Å². The number of hydrogen-bond acceptors (Lipinski definition) is 3. The maximum absolute atomic E-state index is 11.3. The summed E-state index contributed by atoms with van der Waals surface area (Å²) in [5.41, 5.74) is 0. The maximum atomic E-state index is 11.3. The van der Waals surface area contributed by atoms with Crippen LogP contribution >= 0.6 is 0 Å². The number of aliphatic carboxylic acids is 1. The van der Waals surface area contributed by atoms with Crippen molar-refractivity contribution in [2.45, 2.75) is 31.8 Å². The monoisotopic (exact) mass is 228 g/mol. The summed E-state index contributed by atoms with van der Waals surface area (Å²) >= 11 is 0. The highest BCUT2D eigenvalue weighted by atomic mass is 16.4. The third-order valence-corrected chi connectivity index (χ3v) is 1.87. The standard InChI is InChI=1S/C10H16N2O4/c1-3-5-7(4-2)11-10(16)12-8(6-13)9(14)15/h2,7-8,13H,3,5-6H2,1H3,(H,14,15)(H2,11,12,16). The molecule has 0 aliphatic heterocycles. The van der Waals surface area contributed by atoms with Crippen LogP contribution < -0.4 is 10.6 Å². The second kappa shape index (κ2) is 7.54. The van der Waals surface area contributed by atoms with E-state index < -0.39 is 30.7 Å². The molecule has 4 N–H and O–H groups in total. The molecule has 0 spiro atoms. The van der Waals surface area contributed by atoms with Crippen LogP contribution in [0.2, 0.25) is 0 Å². The lowest BCUT2D eigenvalue weighted by Gasteiger charge is -2.15. The molecule has 16 heavy (non-hydrogen) atoms. The van der Waals surface area contributed by atoms with Gasteiger partial charge in [0.1, 0.15) is 0 Å². The fourth-order valence-electron chi connectivity index (χ4n) is 1.03. The van der Waals surface area contributed by atoms with E-state index in [1.807, 2.05) is 6.92 Å². The topological polar surface area (TPSA) is 98.7 Å². The van der Waals surface area contributed by atoms with E-state index in [-0.39, 0.29) is 0 Å². The molecule has 0 heterocycles. The van der Waals surface area contributed by atoms with Crippen LogP contribution in [0, 0.1) is 12.3 Å². The Balaban J connectivity index is 4.16. The third-order valence-electron chi connectivity index (χ3n) is 1.87. The Morgan fingerprint density at radius 2 is 2.06 bits per heavy atom. The first kappa shape index (κ1) is 14.3. The van der Waals surface area contributed by atoms with Crippen LogP contribution in [-0.2, 0) is 4.79 Å². The number of carbonyl (C=O) groups excluding carboxylic acids is 1. The minimum Gasteiger partial charge on any atom is -0.480 e. The average Bonchev–Trinajstić information content (AvgIpc) is 2.24. The van der Waals surface area contributed by atoms with Gasteiger partial charge < -0.3 is 20.8 Å². The van der Waals surface area contributed by atoms with Crippen LogP contribution in [0.5, 0.6) is 0 Å². The number of aliphatic hydroxyl groups excluding tert-OH is 1. The largest absolute Gasteiger partial charge is 0.480 e. The van der Waals surface area contributed by atoms with Crippen molar-refractivity contribution in [2.75, 3.05) is 6.61 Å². The Morgan fingerprint density at radius 3 is 2.44 bits per heavy atom. The lowest BCUT2D eigenvalue weighted by Crippen LogP contribution is -2.50. The SMILES string of the molecule is C#CC(CCC)NC(=O)NC(CO)C(=O)O. The van der Waals surface area contributed by atoms with E-state index in [1.54, 1.807) is 0 Å². The molecule has 90 valence electrons. The molecule has 0 aliphatic rings. The summed E-state index contributed by atoms with van der Waals surface area (Å²) in [6, 6.07) is -2.45. The maximum Gasteiger partial charge on any atom is 0.328 e. The van der Waals surface area contributed by atoms with Gasteiger partial charge in [0.05, 0.1) is 12.6 Å². The fourth-order valence-corrected chi connectivity index (χ4v) is 1.03. The van der Waals surface area contributed by atoms with Crippen molar-refractivity contribution in [1.82, 2.24) is 10.6 Å². The summed E-state index contributed by atoms with van der Waals surface area (Å²) in [7, 11) is 0. The average molecular weight is 228 g/mol. The van der Waals surface area contributed by atoms with E-state index in [4.69, 9.17) is 16.6 Å². The lowest BCUT2D eigenvalue weighted by molar-refractivity contribution is -0.140. The molecule has 0 aromatic carbocycles. The molecule has 2 amide bonds. The summed E-state index contributed by atoms with van der Waals surface area (Å²) < 4.78 is 0. The Hall–Kier alpha value is -1.74. The van der Waals surface area contributed by atoms with Gasteiger partial charge in [0.2, 0.25) is 0 Å². The number of rotatable bonds is 6. The highest BCUT2D eigenvalue weighted by molar-refractivity contribution is 5.82. The van der Waals surface area contributed by atoms with Crippen LogP contribution in [0.1, 0.15) is 19.8 Å². The molecule has 0 rings (SSSR count). The first-order valence-corrected chi connectivity index (χ1v) is 4.92. The molecular formula is C10H16N2O4. The number of hydrogen-bond donors (Lipinski definition) is 4. The number of amides is 2. The van der Waals surface area contributed by atoms with Crippen molar-refractivity contribution in [3.63, 3.8) is 0 Å². The Labute approximate surface area is 94.0 Å². The van der Waals surface area contributed by atoms with Crippen molar-refractivity contribution in [3.05, 3.63) is 0 Å². The van der Waals surface area contributed by atoms with Gasteiger partial charge in [-0.2, -0.15) is 0 Å². The van der Waals surface area contributed by atoms with Gasteiger partial charge in [-0.15, -0.1) is 6.42 Å². The summed E-state index contributed by atoms with van der Waals surface area (Å²) in [6.45, 7) is 1.24. The van der Waals surface area contributed by atoms with E-state index in [9.17, 15) is 9.59 Å². The summed E-state index contributed by atoms with van der Waals surface area (Å²) in [5.74, 6) is 1.07. The molecule has 0 radical (unpaired) electrons. The first-order chi connectivity index (χ1) is 7.54. The smallest absolute Gasteiger partial charge is 0.328 e. The molecule has 6 nitrogen and oxygen atoms in total.